The highest BCUT2D eigenvalue weighted by Crippen LogP contribution is 2.43. The molecule has 1 aliphatic rings. The molecule has 3 aromatic rings. The summed E-state index contributed by atoms with van der Waals surface area (Å²) in [6.45, 7) is 3.74. The normalized spacial score (nSPS) is 16.2. The van der Waals surface area contributed by atoms with Crippen LogP contribution in [-0.4, -0.2) is 38.8 Å². The third kappa shape index (κ3) is 3.70. The molecule has 4 rings (SSSR count). The molecule has 0 spiro atoms. The number of thiazole rings is 1. The summed E-state index contributed by atoms with van der Waals surface area (Å²) in [7, 11) is 1.53. The Labute approximate surface area is 183 Å². The molecule has 0 bridgehead atoms. The summed E-state index contributed by atoms with van der Waals surface area (Å²) in [5.41, 5.74) is 2.01. The summed E-state index contributed by atoms with van der Waals surface area (Å²) in [6, 6.07) is 9.99. The third-order valence-corrected chi connectivity index (χ3v) is 6.24. The molecule has 1 aliphatic heterocycles. The van der Waals surface area contributed by atoms with Gasteiger partial charge in [0.25, 0.3) is 5.91 Å². The number of nitrogens with zero attached hydrogens (tertiary/aromatic N) is 3. The maximum atomic E-state index is 13.5. The van der Waals surface area contributed by atoms with Gasteiger partial charge in [-0.05, 0) is 31.5 Å². The quantitative estimate of drug-likeness (QED) is 0.590. The van der Waals surface area contributed by atoms with Gasteiger partial charge in [0.05, 0.1) is 34.3 Å². The van der Waals surface area contributed by atoms with Crippen molar-refractivity contribution in [3.05, 3.63) is 86.8 Å². The van der Waals surface area contributed by atoms with E-state index in [1.807, 2.05) is 25.1 Å². The van der Waals surface area contributed by atoms with Gasteiger partial charge in [0.15, 0.2) is 5.76 Å². The number of benzene rings is 1. The molecule has 0 fully saturated rings. The van der Waals surface area contributed by atoms with Gasteiger partial charge < -0.3 is 14.7 Å². The van der Waals surface area contributed by atoms with Crippen molar-refractivity contribution in [2.75, 3.05) is 7.11 Å². The second-order valence-corrected chi connectivity index (χ2v) is 8.38. The van der Waals surface area contributed by atoms with Crippen molar-refractivity contribution < 1.29 is 19.4 Å². The fourth-order valence-corrected chi connectivity index (χ4v) is 4.69. The van der Waals surface area contributed by atoms with Crippen LogP contribution in [0.2, 0.25) is 0 Å². The molecule has 31 heavy (non-hydrogen) atoms. The first kappa shape index (κ1) is 20.7. The molecule has 2 aromatic heterocycles. The number of aryl methyl sites for hydroxylation is 2. The highest BCUT2D eigenvalue weighted by atomic mass is 32.1. The summed E-state index contributed by atoms with van der Waals surface area (Å²) in [4.78, 5) is 37.0. The number of carbonyl (C=O) groups is 2. The molecular formula is C23H21N3O4S. The standard InChI is InChI=1S/C23H21N3O4S/c1-13-22(31-14(2)25-13)20(27)18-19(16-8-4-5-9-17(16)30-3)26(23(29)21(18)28)12-15-7-6-10-24-11-15/h4-11,19,28H,12H2,1-3H3/t19-/m1/s1. The average Bonchev–Trinajstić information content (AvgIpc) is 3.24. The highest BCUT2D eigenvalue weighted by Gasteiger charge is 2.45. The SMILES string of the molecule is COc1ccccc1[C@@H]1C(C(=O)c2sc(C)nc2C)=C(O)C(=O)N1Cc1cccnc1. The number of ether oxygens (including phenoxy) is 1. The predicted molar refractivity (Wildman–Crippen MR) is 116 cm³/mol. The van der Waals surface area contributed by atoms with Crippen LogP contribution >= 0.6 is 11.3 Å². The second-order valence-electron chi connectivity index (χ2n) is 7.18. The largest absolute Gasteiger partial charge is 0.503 e. The predicted octanol–water partition coefficient (Wildman–Crippen LogP) is 3.94. The van der Waals surface area contributed by atoms with Crippen LogP contribution in [0.25, 0.3) is 0 Å². The lowest BCUT2D eigenvalue weighted by Crippen LogP contribution is -2.31. The monoisotopic (exact) mass is 435 g/mol. The van der Waals surface area contributed by atoms with Crippen LogP contribution < -0.4 is 4.74 Å². The molecule has 8 heteroatoms. The zero-order chi connectivity index (χ0) is 22.1. The van der Waals surface area contributed by atoms with Gasteiger partial charge in [-0.15, -0.1) is 11.3 Å². The molecule has 0 saturated heterocycles. The maximum absolute atomic E-state index is 13.5. The Morgan fingerprint density at radius 3 is 2.65 bits per heavy atom. The van der Waals surface area contributed by atoms with Crippen molar-refractivity contribution in [1.29, 1.82) is 0 Å². The van der Waals surface area contributed by atoms with Crippen molar-refractivity contribution in [3.63, 3.8) is 0 Å². The van der Waals surface area contributed by atoms with Crippen molar-refractivity contribution in [3.8, 4) is 5.75 Å². The lowest BCUT2D eigenvalue weighted by molar-refractivity contribution is -0.130. The fourth-order valence-electron chi connectivity index (χ4n) is 3.82. The molecule has 1 amide bonds. The maximum Gasteiger partial charge on any atom is 0.290 e. The van der Waals surface area contributed by atoms with E-state index in [1.165, 1.54) is 23.3 Å². The molecule has 0 aliphatic carbocycles. The van der Waals surface area contributed by atoms with Gasteiger partial charge in [-0.3, -0.25) is 14.6 Å². The van der Waals surface area contributed by atoms with Gasteiger partial charge in [-0.25, -0.2) is 4.98 Å². The number of Topliss-reactive ketones (excluding diaryl/α,β-unsaturated/α-hetero) is 1. The van der Waals surface area contributed by atoms with Crippen molar-refractivity contribution in [1.82, 2.24) is 14.9 Å². The minimum Gasteiger partial charge on any atom is -0.503 e. The van der Waals surface area contributed by atoms with E-state index in [0.717, 1.165) is 10.6 Å². The highest BCUT2D eigenvalue weighted by molar-refractivity contribution is 7.14. The number of aliphatic hydroxyl groups excluding tert-OH is 1. The number of aromatic nitrogens is 2. The van der Waals surface area contributed by atoms with E-state index < -0.39 is 23.5 Å². The third-order valence-electron chi connectivity index (χ3n) is 5.17. The number of carbonyl (C=O) groups excluding carboxylic acids is 2. The average molecular weight is 436 g/mol. The number of methoxy groups -OCH3 is 1. The molecular weight excluding hydrogens is 414 g/mol. The van der Waals surface area contributed by atoms with Gasteiger partial charge in [0.2, 0.25) is 5.78 Å². The molecule has 0 radical (unpaired) electrons. The second kappa shape index (κ2) is 8.31. The van der Waals surface area contributed by atoms with Crippen molar-refractivity contribution >= 4 is 23.0 Å². The van der Waals surface area contributed by atoms with Crippen LogP contribution in [0.15, 0.2) is 60.1 Å². The van der Waals surface area contributed by atoms with E-state index in [4.69, 9.17) is 4.74 Å². The Hall–Kier alpha value is -3.52. The minimum atomic E-state index is -0.807. The smallest absolute Gasteiger partial charge is 0.290 e. The van der Waals surface area contributed by atoms with Crippen LogP contribution in [-0.2, 0) is 11.3 Å². The van der Waals surface area contributed by atoms with E-state index in [9.17, 15) is 14.7 Å². The Morgan fingerprint density at radius 2 is 2.00 bits per heavy atom. The van der Waals surface area contributed by atoms with E-state index in [-0.39, 0.29) is 12.1 Å². The minimum absolute atomic E-state index is 0.0325. The van der Waals surface area contributed by atoms with E-state index in [1.54, 1.807) is 37.5 Å². The number of amides is 1. The van der Waals surface area contributed by atoms with Crippen LogP contribution in [0.5, 0.6) is 5.75 Å². The number of pyridine rings is 1. The topological polar surface area (TPSA) is 92.6 Å². The van der Waals surface area contributed by atoms with E-state index in [0.29, 0.717) is 21.9 Å². The van der Waals surface area contributed by atoms with Crippen LogP contribution in [0.4, 0.5) is 0 Å². The first-order valence-electron chi connectivity index (χ1n) is 9.67. The van der Waals surface area contributed by atoms with Crippen molar-refractivity contribution in [2.45, 2.75) is 26.4 Å². The number of hydrogen-bond donors (Lipinski definition) is 1. The van der Waals surface area contributed by atoms with Gasteiger partial charge in [-0.1, -0.05) is 24.3 Å². The molecule has 1 atom stereocenters. The lowest BCUT2D eigenvalue weighted by Gasteiger charge is -2.28. The summed E-state index contributed by atoms with van der Waals surface area (Å²) in [5, 5.41) is 11.6. The number of aliphatic hydroxyl groups is 1. The fraction of sp³-hybridized carbons (Fsp3) is 0.217. The van der Waals surface area contributed by atoms with Gasteiger partial charge in [0, 0.05) is 24.5 Å². The Kier molecular flexibility index (Phi) is 5.56. The van der Waals surface area contributed by atoms with Crippen LogP contribution in [0.3, 0.4) is 0 Å². The molecule has 0 saturated carbocycles. The van der Waals surface area contributed by atoms with Gasteiger partial charge >= 0.3 is 0 Å². The van der Waals surface area contributed by atoms with Crippen LogP contribution in [0.1, 0.15) is 37.5 Å². The molecule has 1 N–H and O–H groups in total. The Bertz CT molecular complexity index is 1190. The zero-order valence-corrected chi connectivity index (χ0v) is 18.1. The number of ketones is 1. The lowest BCUT2D eigenvalue weighted by atomic mass is 9.94. The summed E-state index contributed by atoms with van der Waals surface area (Å²) >= 11 is 1.25. The van der Waals surface area contributed by atoms with Crippen molar-refractivity contribution in [2.24, 2.45) is 0 Å². The molecule has 158 valence electrons. The van der Waals surface area contributed by atoms with E-state index in [2.05, 4.69) is 9.97 Å². The zero-order valence-electron chi connectivity index (χ0n) is 17.3. The number of hydrogen-bond acceptors (Lipinski definition) is 7. The van der Waals surface area contributed by atoms with E-state index >= 15 is 0 Å². The number of rotatable bonds is 6. The van der Waals surface area contributed by atoms with Gasteiger partial charge in [-0.2, -0.15) is 0 Å². The molecule has 0 unspecified atom stereocenters. The molecule has 3 heterocycles. The van der Waals surface area contributed by atoms with Gasteiger partial charge in [0.1, 0.15) is 5.75 Å². The van der Waals surface area contributed by atoms with Crippen LogP contribution in [0, 0.1) is 13.8 Å². The summed E-state index contributed by atoms with van der Waals surface area (Å²) in [5.74, 6) is -1.04. The number of para-hydroxylation sites is 1. The Morgan fingerprint density at radius 1 is 1.23 bits per heavy atom. The Balaban J connectivity index is 1.86. The summed E-state index contributed by atoms with van der Waals surface area (Å²) < 4.78 is 5.51. The summed E-state index contributed by atoms with van der Waals surface area (Å²) in [6.07, 6.45) is 3.30. The first-order valence-corrected chi connectivity index (χ1v) is 10.5. The first-order chi connectivity index (χ1) is 14.9. The molecule has 7 nitrogen and oxygen atoms in total. The molecule has 1 aromatic carbocycles.